The third-order valence-corrected chi connectivity index (χ3v) is 4.45. The van der Waals surface area contributed by atoms with Crippen LogP contribution in [-0.4, -0.2) is 35.5 Å². The number of rotatable bonds is 3. The van der Waals surface area contributed by atoms with Gasteiger partial charge in [-0.3, -0.25) is 4.79 Å². The van der Waals surface area contributed by atoms with Crippen molar-refractivity contribution in [1.29, 1.82) is 0 Å². The number of carbonyl (C=O) groups excluding carboxylic acids is 1. The molecular formula is C15H17Cl2NO3. The van der Waals surface area contributed by atoms with Gasteiger partial charge in [-0.2, -0.15) is 0 Å². The summed E-state index contributed by atoms with van der Waals surface area (Å²) in [7, 11) is 0. The lowest BCUT2D eigenvalue weighted by Gasteiger charge is -2.32. The number of piperidine rings is 1. The van der Waals surface area contributed by atoms with E-state index in [-0.39, 0.29) is 5.91 Å². The normalized spacial score (nSPS) is 18.3. The van der Waals surface area contributed by atoms with Gasteiger partial charge in [0.25, 0.3) is 5.91 Å². The van der Waals surface area contributed by atoms with Crippen molar-refractivity contribution >= 4 is 29.1 Å². The summed E-state index contributed by atoms with van der Waals surface area (Å²) in [5.74, 6) is 2.03. The smallest absolute Gasteiger partial charge is 0.255 e. The van der Waals surface area contributed by atoms with Crippen molar-refractivity contribution in [3.05, 3.63) is 23.8 Å². The first-order chi connectivity index (χ1) is 10.1. The standard InChI is InChI=1S/C15H17Cl2NO3/c16-14(17)15(19)18-5-3-10(4-6-18)7-11-1-2-12-13(8-11)21-9-20-12/h1-2,8,10,14H,3-7,9H2. The number of benzene rings is 1. The molecule has 0 saturated carbocycles. The third kappa shape index (κ3) is 3.38. The predicted molar refractivity (Wildman–Crippen MR) is 81.1 cm³/mol. The van der Waals surface area contributed by atoms with Gasteiger partial charge in [0.15, 0.2) is 16.3 Å². The van der Waals surface area contributed by atoms with Crippen LogP contribution >= 0.6 is 23.2 Å². The van der Waals surface area contributed by atoms with Crippen LogP contribution in [0.5, 0.6) is 11.5 Å². The van der Waals surface area contributed by atoms with Gasteiger partial charge < -0.3 is 14.4 Å². The van der Waals surface area contributed by atoms with E-state index in [1.54, 1.807) is 4.90 Å². The maximum atomic E-state index is 11.7. The Morgan fingerprint density at radius 2 is 1.95 bits per heavy atom. The average Bonchev–Trinajstić information content (AvgIpc) is 2.95. The quantitative estimate of drug-likeness (QED) is 0.800. The van der Waals surface area contributed by atoms with Crippen LogP contribution in [0.15, 0.2) is 18.2 Å². The summed E-state index contributed by atoms with van der Waals surface area (Å²) in [6, 6.07) is 6.09. The molecule has 1 fully saturated rings. The van der Waals surface area contributed by atoms with Crippen LogP contribution in [0.3, 0.4) is 0 Å². The number of hydrogen-bond acceptors (Lipinski definition) is 3. The molecule has 1 aromatic carbocycles. The Hall–Kier alpha value is -1.13. The van der Waals surface area contributed by atoms with Gasteiger partial charge >= 0.3 is 0 Å². The van der Waals surface area contributed by atoms with E-state index >= 15 is 0 Å². The summed E-state index contributed by atoms with van der Waals surface area (Å²) in [6.07, 6.45) is 2.94. The Bertz CT molecular complexity index is 528. The molecule has 1 amide bonds. The zero-order chi connectivity index (χ0) is 14.8. The molecule has 2 aliphatic heterocycles. The molecule has 3 rings (SSSR count). The first-order valence-corrected chi connectivity index (χ1v) is 7.96. The fraction of sp³-hybridized carbons (Fsp3) is 0.533. The monoisotopic (exact) mass is 329 g/mol. The van der Waals surface area contributed by atoms with Gasteiger partial charge in [-0.05, 0) is 42.9 Å². The number of halogens is 2. The molecule has 6 heteroatoms. The van der Waals surface area contributed by atoms with Crippen molar-refractivity contribution in [2.24, 2.45) is 5.92 Å². The first kappa shape index (κ1) is 14.8. The summed E-state index contributed by atoms with van der Waals surface area (Å²) in [4.78, 5) is 12.5. The van der Waals surface area contributed by atoms with E-state index in [2.05, 4.69) is 6.07 Å². The molecule has 0 aliphatic carbocycles. The highest BCUT2D eigenvalue weighted by atomic mass is 35.5. The maximum Gasteiger partial charge on any atom is 0.255 e. The molecular weight excluding hydrogens is 313 g/mol. The Morgan fingerprint density at radius 1 is 1.24 bits per heavy atom. The highest BCUT2D eigenvalue weighted by molar-refractivity contribution is 6.53. The molecule has 0 N–H and O–H groups in total. The van der Waals surface area contributed by atoms with Crippen LogP contribution in [0.25, 0.3) is 0 Å². The van der Waals surface area contributed by atoms with Gasteiger partial charge in [0.1, 0.15) is 0 Å². The highest BCUT2D eigenvalue weighted by Gasteiger charge is 2.26. The molecule has 114 valence electrons. The zero-order valence-corrected chi connectivity index (χ0v) is 13.1. The van der Waals surface area contributed by atoms with Crippen LogP contribution in [0.1, 0.15) is 18.4 Å². The number of hydrogen-bond donors (Lipinski definition) is 0. The molecule has 0 spiro atoms. The van der Waals surface area contributed by atoms with Crippen LogP contribution in [0.4, 0.5) is 0 Å². The molecule has 0 atom stereocenters. The Morgan fingerprint density at radius 3 is 2.67 bits per heavy atom. The number of carbonyl (C=O) groups is 1. The SMILES string of the molecule is O=C(C(Cl)Cl)N1CCC(Cc2ccc3c(c2)OCO3)CC1. The van der Waals surface area contributed by atoms with Crippen molar-refractivity contribution in [3.63, 3.8) is 0 Å². The summed E-state index contributed by atoms with van der Waals surface area (Å²) >= 11 is 11.3. The summed E-state index contributed by atoms with van der Waals surface area (Å²) in [5, 5.41) is 0. The van der Waals surface area contributed by atoms with E-state index in [1.807, 2.05) is 12.1 Å². The fourth-order valence-electron chi connectivity index (χ4n) is 2.90. The number of fused-ring (bicyclic) bond motifs is 1. The Kier molecular flexibility index (Phi) is 4.45. The topological polar surface area (TPSA) is 38.8 Å². The molecule has 0 aromatic heterocycles. The van der Waals surface area contributed by atoms with E-state index in [9.17, 15) is 4.79 Å². The van der Waals surface area contributed by atoms with E-state index in [0.717, 1.165) is 43.9 Å². The summed E-state index contributed by atoms with van der Waals surface area (Å²) < 4.78 is 10.7. The lowest BCUT2D eigenvalue weighted by atomic mass is 9.90. The minimum Gasteiger partial charge on any atom is -0.454 e. The lowest BCUT2D eigenvalue weighted by molar-refractivity contribution is -0.130. The van der Waals surface area contributed by atoms with Crippen molar-refractivity contribution in [1.82, 2.24) is 4.90 Å². The second kappa shape index (κ2) is 6.32. The number of likely N-dealkylation sites (tertiary alicyclic amines) is 1. The minimum absolute atomic E-state index is 0.181. The van der Waals surface area contributed by atoms with Crippen LogP contribution < -0.4 is 9.47 Å². The van der Waals surface area contributed by atoms with Gasteiger partial charge in [0.05, 0.1) is 0 Å². The van der Waals surface area contributed by atoms with E-state index in [1.165, 1.54) is 5.56 Å². The second-order valence-electron chi connectivity index (χ2n) is 5.46. The molecule has 0 unspecified atom stereocenters. The average molecular weight is 330 g/mol. The number of alkyl halides is 2. The molecule has 21 heavy (non-hydrogen) atoms. The zero-order valence-electron chi connectivity index (χ0n) is 11.6. The van der Waals surface area contributed by atoms with Gasteiger partial charge in [-0.1, -0.05) is 29.3 Å². The molecule has 2 aliphatic rings. The Labute approximate surface area is 133 Å². The molecule has 2 heterocycles. The highest BCUT2D eigenvalue weighted by Crippen LogP contribution is 2.34. The van der Waals surface area contributed by atoms with E-state index < -0.39 is 4.84 Å². The molecule has 4 nitrogen and oxygen atoms in total. The molecule has 1 saturated heterocycles. The molecule has 1 aromatic rings. The lowest BCUT2D eigenvalue weighted by Crippen LogP contribution is -2.41. The van der Waals surface area contributed by atoms with Gasteiger partial charge in [0, 0.05) is 13.1 Å². The predicted octanol–water partition coefficient (Wildman–Crippen LogP) is 3.00. The number of nitrogens with zero attached hydrogens (tertiary/aromatic N) is 1. The minimum atomic E-state index is -0.949. The van der Waals surface area contributed by atoms with Gasteiger partial charge in [0.2, 0.25) is 6.79 Å². The van der Waals surface area contributed by atoms with Crippen LogP contribution in [0.2, 0.25) is 0 Å². The first-order valence-electron chi connectivity index (χ1n) is 7.09. The summed E-state index contributed by atoms with van der Waals surface area (Å²) in [5.41, 5.74) is 1.25. The third-order valence-electron chi connectivity index (χ3n) is 4.07. The summed E-state index contributed by atoms with van der Waals surface area (Å²) in [6.45, 7) is 1.76. The fourth-order valence-corrected chi connectivity index (χ4v) is 3.17. The van der Waals surface area contributed by atoms with Crippen LogP contribution in [-0.2, 0) is 11.2 Å². The number of amides is 1. The number of ether oxygens (including phenoxy) is 2. The Balaban J connectivity index is 1.55. The van der Waals surface area contributed by atoms with Crippen molar-refractivity contribution in [2.45, 2.75) is 24.1 Å². The molecule has 0 bridgehead atoms. The van der Waals surface area contributed by atoms with Crippen LogP contribution in [0, 0.1) is 5.92 Å². The van der Waals surface area contributed by atoms with Crippen molar-refractivity contribution in [2.75, 3.05) is 19.9 Å². The second-order valence-corrected chi connectivity index (χ2v) is 6.56. The molecule has 0 radical (unpaired) electrons. The largest absolute Gasteiger partial charge is 0.454 e. The van der Waals surface area contributed by atoms with Crippen molar-refractivity contribution < 1.29 is 14.3 Å². The van der Waals surface area contributed by atoms with E-state index in [4.69, 9.17) is 32.7 Å². The van der Waals surface area contributed by atoms with Gasteiger partial charge in [-0.25, -0.2) is 0 Å². The van der Waals surface area contributed by atoms with E-state index in [0.29, 0.717) is 12.7 Å². The van der Waals surface area contributed by atoms with Crippen molar-refractivity contribution in [3.8, 4) is 11.5 Å². The van der Waals surface area contributed by atoms with Gasteiger partial charge in [-0.15, -0.1) is 0 Å². The maximum absolute atomic E-state index is 11.7.